The van der Waals surface area contributed by atoms with Crippen molar-refractivity contribution in [3.63, 3.8) is 0 Å². The maximum Gasteiger partial charge on any atom is 0.417 e. The van der Waals surface area contributed by atoms with Crippen molar-refractivity contribution < 1.29 is 18.0 Å². The van der Waals surface area contributed by atoms with Crippen LogP contribution < -0.4 is 4.90 Å². The van der Waals surface area contributed by atoms with Gasteiger partial charge in [0.15, 0.2) is 0 Å². The van der Waals surface area contributed by atoms with Crippen molar-refractivity contribution in [3.8, 4) is 0 Å². The summed E-state index contributed by atoms with van der Waals surface area (Å²) < 4.78 is 38.8. The van der Waals surface area contributed by atoms with Crippen LogP contribution in [0.25, 0.3) is 0 Å². The molecule has 4 rings (SSSR count). The smallest absolute Gasteiger partial charge is 0.369 e. The normalized spacial score (nSPS) is 19.0. The van der Waals surface area contributed by atoms with Crippen LogP contribution in [0.4, 0.5) is 18.9 Å². The van der Waals surface area contributed by atoms with Gasteiger partial charge in [0.2, 0.25) is 5.91 Å². The maximum absolute atomic E-state index is 13.0. The Morgan fingerprint density at radius 3 is 2.72 bits per heavy atom. The number of aromatic nitrogens is 2. The molecule has 0 bridgehead atoms. The third-order valence-corrected chi connectivity index (χ3v) is 6.26. The molecule has 0 spiro atoms. The Balaban J connectivity index is 1.46. The molecule has 1 fully saturated rings. The van der Waals surface area contributed by atoms with E-state index in [4.69, 9.17) is 11.6 Å². The van der Waals surface area contributed by atoms with E-state index in [1.165, 1.54) is 6.20 Å². The van der Waals surface area contributed by atoms with Crippen molar-refractivity contribution in [2.24, 2.45) is 5.92 Å². The molecule has 29 heavy (non-hydrogen) atoms. The SMILES string of the molecule is Cc1nc2c(c(C)c1Cl)CN(C(=O)[C@@H]1CCN(c3cncc(C(F)(F)F)c3)C1)C2. The summed E-state index contributed by atoms with van der Waals surface area (Å²) in [6.45, 7) is 5.58. The molecular weight excluding hydrogens is 405 g/mol. The minimum Gasteiger partial charge on any atom is -0.369 e. The monoisotopic (exact) mass is 424 g/mol. The van der Waals surface area contributed by atoms with Crippen LogP contribution >= 0.6 is 11.6 Å². The average molecular weight is 425 g/mol. The zero-order chi connectivity index (χ0) is 20.9. The predicted molar refractivity (Wildman–Crippen MR) is 103 cm³/mol. The molecule has 0 saturated carbocycles. The highest BCUT2D eigenvalue weighted by Gasteiger charge is 2.36. The highest BCUT2D eigenvalue weighted by atomic mass is 35.5. The summed E-state index contributed by atoms with van der Waals surface area (Å²) in [6, 6.07) is 1.09. The van der Waals surface area contributed by atoms with Crippen LogP contribution in [0.15, 0.2) is 18.5 Å². The highest BCUT2D eigenvalue weighted by Crippen LogP contribution is 2.34. The lowest BCUT2D eigenvalue weighted by atomic mass is 10.1. The Bertz CT molecular complexity index is 979. The number of pyridine rings is 2. The van der Waals surface area contributed by atoms with Crippen LogP contribution in [0.1, 0.15) is 34.5 Å². The molecule has 0 N–H and O–H groups in total. The first-order valence-corrected chi connectivity index (χ1v) is 9.73. The van der Waals surface area contributed by atoms with Crippen LogP contribution in [0.3, 0.4) is 0 Å². The Morgan fingerprint density at radius 1 is 1.24 bits per heavy atom. The van der Waals surface area contributed by atoms with Gasteiger partial charge < -0.3 is 9.80 Å². The number of amides is 1. The number of hydrogen-bond donors (Lipinski definition) is 0. The molecule has 4 heterocycles. The first kappa shape index (κ1) is 19.9. The first-order chi connectivity index (χ1) is 13.6. The van der Waals surface area contributed by atoms with E-state index >= 15 is 0 Å². The van der Waals surface area contributed by atoms with Gasteiger partial charge in [-0.1, -0.05) is 11.6 Å². The highest BCUT2D eigenvalue weighted by molar-refractivity contribution is 6.32. The largest absolute Gasteiger partial charge is 0.417 e. The Hall–Kier alpha value is -2.35. The minimum absolute atomic E-state index is 0.00129. The molecule has 1 atom stereocenters. The molecular formula is C20H20ClF3N4O. The van der Waals surface area contributed by atoms with Gasteiger partial charge in [0.25, 0.3) is 0 Å². The van der Waals surface area contributed by atoms with E-state index in [2.05, 4.69) is 9.97 Å². The van der Waals surface area contributed by atoms with Crippen LogP contribution in [0.2, 0.25) is 5.02 Å². The van der Waals surface area contributed by atoms with E-state index < -0.39 is 11.7 Å². The van der Waals surface area contributed by atoms with Crippen molar-refractivity contribution in [2.45, 2.75) is 39.5 Å². The maximum atomic E-state index is 13.0. The molecule has 0 radical (unpaired) electrons. The molecule has 2 aromatic heterocycles. The number of fused-ring (bicyclic) bond motifs is 1. The second-order valence-electron chi connectivity index (χ2n) is 7.62. The number of hydrogen-bond acceptors (Lipinski definition) is 4. The molecule has 5 nitrogen and oxygen atoms in total. The summed E-state index contributed by atoms with van der Waals surface area (Å²) in [5.74, 6) is -0.269. The van der Waals surface area contributed by atoms with Crippen molar-refractivity contribution in [1.29, 1.82) is 0 Å². The quantitative estimate of drug-likeness (QED) is 0.727. The zero-order valence-electron chi connectivity index (χ0n) is 16.1. The Labute approximate surface area is 171 Å². The summed E-state index contributed by atoms with van der Waals surface area (Å²) in [6.07, 6.45) is -1.63. The molecule has 1 amide bonds. The number of aryl methyl sites for hydroxylation is 1. The lowest BCUT2D eigenvalue weighted by molar-refractivity contribution is -0.138. The average Bonchev–Trinajstić information content (AvgIpc) is 3.33. The summed E-state index contributed by atoms with van der Waals surface area (Å²) in [7, 11) is 0. The van der Waals surface area contributed by atoms with Crippen LogP contribution in [-0.2, 0) is 24.1 Å². The van der Waals surface area contributed by atoms with E-state index in [0.717, 1.165) is 34.8 Å². The van der Waals surface area contributed by atoms with Gasteiger partial charge in [0.1, 0.15) is 0 Å². The van der Waals surface area contributed by atoms with E-state index in [1.54, 1.807) is 9.80 Å². The van der Waals surface area contributed by atoms with Crippen LogP contribution in [-0.4, -0.2) is 33.9 Å². The summed E-state index contributed by atoms with van der Waals surface area (Å²) in [4.78, 5) is 24.8. The first-order valence-electron chi connectivity index (χ1n) is 9.35. The number of halogens is 4. The van der Waals surface area contributed by atoms with Gasteiger partial charge in [-0.3, -0.25) is 14.8 Å². The number of anilines is 1. The number of rotatable bonds is 2. The number of carbonyl (C=O) groups excluding carboxylic acids is 1. The van der Waals surface area contributed by atoms with Gasteiger partial charge in [-0.25, -0.2) is 0 Å². The van der Waals surface area contributed by atoms with E-state index in [0.29, 0.717) is 43.3 Å². The number of carbonyl (C=O) groups is 1. The lowest BCUT2D eigenvalue weighted by Crippen LogP contribution is -2.34. The van der Waals surface area contributed by atoms with Crippen molar-refractivity contribution in [2.75, 3.05) is 18.0 Å². The Kier molecular flexibility index (Phi) is 4.93. The molecule has 0 aliphatic carbocycles. The molecule has 2 aliphatic rings. The minimum atomic E-state index is -4.44. The molecule has 154 valence electrons. The fraction of sp³-hybridized carbons (Fsp3) is 0.450. The van der Waals surface area contributed by atoms with E-state index in [1.807, 2.05) is 13.8 Å². The van der Waals surface area contributed by atoms with Crippen LogP contribution in [0.5, 0.6) is 0 Å². The van der Waals surface area contributed by atoms with Crippen molar-refractivity contribution in [3.05, 3.63) is 51.6 Å². The van der Waals surface area contributed by atoms with Gasteiger partial charge in [-0.05, 0) is 37.5 Å². The van der Waals surface area contributed by atoms with E-state index in [-0.39, 0.29) is 11.8 Å². The molecule has 0 aromatic carbocycles. The number of alkyl halides is 3. The molecule has 2 aromatic rings. The van der Waals surface area contributed by atoms with E-state index in [9.17, 15) is 18.0 Å². The van der Waals surface area contributed by atoms with Gasteiger partial charge >= 0.3 is 6.18 Å². The van der Waals surface area contributed by atoms with Crippen LogP contribution in [0, 0.1) is 19.8 Å². The fourth-order valence-corrected chi connectivity index (χ4v) is 4.23. The molecule has 0 unspecified atom stereocenters. The third kappa shape index (κ3) is 3.66. The van der Waals surface area contributed by atoms with Crippen molar-refractivity contribution >= 4 is 23.2 Å². The predicted octanol–water partition coefficient (Wildman–Crippen LogP) is 4.13. The number of nitrogens with zero attached hydrogens (tertiary/aromatic N) is 4. The second kappa shape index (κ2) is 7.16. The lowest BCUT2D eigenvalue weighted by Gasteiger charge is -2.22. The molecule has 9 heteroatoms. The third-order valence-electron chi connectivity index (χ3n) is 5.71. The van der Waals surface area contributed by atoms with Gasteiger partial charge in [-0.2, -0.15) is 13.2 Å². The molecule has 2 aliphatic heterocycles. The van der Waals surface area contributed by atoms with Gasteiger partial charge in [-0.15, -0.1) is 0 Å². The molecule has 1 saturated heterocycles. The van der Waals surface area contributed by atoms with Gasteiger partial charge in [0, 0.05) is 25.8 Å². The standard InChI is InChI=1S/C20H20ClF3N4O/c1-11-16-9-28(10-17(16)26-12(2)18(11)21)19(29)13-3-4-27(8-13)15-5-14(6-25-7-15)20(22,23)24/h5-7,13H,3-4,8-10H2,1-2H3/t13-/m1/s1. The topological polar surface area (TPSA) is 49.3 Å². The second-order valence-corrected chi connectivity index (χ2v) is 7.99. The fourth-order valence-electron chi connectivity index (χ4n) is 4.07. The summed E-state index contributed by atoms with van der Waals surface area (Å²) in [5, 5.41) is 0.627. The summed E-state index contributed by atoms with van der Waals surface area (Å²) in [5.41, 5.74) is 3.17. The Morgan fingerprint density at radius 2 is 2.00 bits per heavy atom. The zero-order valence-corrected chi connectivity index (χ0v) is 16.8. The van der Waals surface area contributed by atoms with Gasteiger partial charge in [0.05, 0.1) is 46.3 Å². The summed E-state index contributed by atoms with van der Waals surface area (Å²) >= 11 is 6.29. The van der Waals surface area contributed by atoms with Crippen molar-refractivity contribution in [1.82, 2.24) is 14.9 Å².